The summed E-state index contributed by atoms with van der Waals surface area (Å²) >= 11 is 1.24. The highest BCUT2D eigenvalue weighted by Crippen LogP contribution is 2.12. The van der Waals surface area contributed by atoms with E-state index in [1.165, 1.54) is 11.5 Å². The Labute approximate surface area is 78.4 Å². The molecule has 0 radical (unpaired) electrons. The summed E-state index contributed by atoms with van der Waals surface area (Å²) in [5, 5.41) is 3.78. The zero-order chi connectivity index (χ0) is 9.10. The smallest absolute Gasteiger partial charge is 0.233 e. The van der Waals surface area contributed by atoms with Gasteiger partial charge in [-0.25, -0.2) is 4.98 Å². The quantitative estimate of drug-likeness (QED) is 0.663. The molecular weight excluding hydrogens is 188 g/mol. The molecule has 7 heteroatoms. The van der Waals surface area contributed by atoms with Crippen molar-refractivity contribution in [1.82, 2.24) is 19.3 Å². The van der Waals surface area contributed by atoms with Crippen molar-refractivity contribution < 1.29 is 0 Å². The molecule has 0 aliphatic rings. The van der Waals surface area contributed by atoms with Crippen molar-refractivity contribution in [2.45, 2.75) is 6.54 Å². The Morgan fingerprint density at radius 1 is 1.62 bits per heavy atom. The molecule has 2 aromatic rings. The average molecular weight is 196 g/mol. The highest BCUT2D eigenvalue weighted by Gasteiger charge is 1.99. The Morgan fingerprint density at radius 3 is 3.15 bits per heavy atom. The van der Waals surface area contributed by atoms with E-state index in [0.717, 1.165) is 5.69 Å². The third-order valence-corrected chi connectivity index (χ3v) is 2.11. The van der Waals surface area contributed by atoms with Gasteiger partial charge in [0.05, 0.1) is 18.6 Å². The topological polar surface area (TPSA) is 92.5 Å². The van der Waals surface area contributed by atoms with Crippen molar-refractivity contribution in [1.29, 1.82) is 0 Å². The number of nitrogens with one attached hydrogen (secondary N) is 2. The number of hydrogen-bond donors (Lipinski definition) is 3. The molecule has 0 fully saturated rings. The normalized spacial score (nSPS) is 10.2. The maximum atomic E-state index is 5.36. The van der Waals surface area contributed by atoms with Crippen LogP contribution in [0.1, 0.15) is 5.69 Å². The Kier molecular flexibility index (Phi) is 2.09. The van der Waals surface area contributed by atoms with Crippen molar-refractivity contribution in [3.63, 3.8) is 0 Å². The second-order valence-electron chi connectivity index (χ2n) is 2.39. The second kappa shape index (κ2) is 3.40. The summed E-state index contributed by atoms with van der Waals surface area (Å²) in [6, 6.07) is 0. The summed E-state index contributed by atoms with van der Waals surface area (Å²) in [4.78, 5) is 10.8. The van der Waals surface area contributed by atoms with Gasteiger partial charge in [-0.2, -0.15) is 9.36 Å². The number of hydrogen-bond acceptors (Lipinski definition) is 6. The predicted molar refractivity (Wildman–Crippen MR) is 50.2 cm³/mol. The second-order valence-corrected chi connectivity index (χ2v) is 3.14. The number of nitrogen functional groups attached to an aromatic ring is 1. The van der Waals surface area contributed by atoms with Gasteiger partial charge >= 0.3 is 0 Å². The molecule has 2 heterocycles. The SMILES string of the molecule is Nc1nsc(NCc2cnc[nH]2)n1. The Morgan fingerprint density at radius 2 is 2.54 bits per heavy atom. The molecule has 0 spiro atoms. The lowest BCUT2D eigenvalue weighted by atomic mass is 10.5. The van der Waals surface area contributed by atoms with Crippen molar-refractivity contribution in [2.24, 2.45) is 0 Å². The number of nitrogens with two attached hydrogens (primary N) is 1. The van der Waals surface area contributed by atoms with E-state index in [1.807, 2.05) is 0 Å². The molecule has 0 saturated carbocycles. The van der Waals surface area contributed by atoms with E-state index in [0.29, 0.717) is 17.6 Å². The van der Waals surface area contributed by atoms with Gasteiger partial charge in [0.25, 0.3) is 0 Å². The molecule has 0 aliphatic heterocycles. The van der Waals surface area contributed by atoms with Gasteiger partial charge in [0, 0.05) is 17.7 Å². The molecule has 0 atom stereocenters. The van der Waals surface area contributed by atoms with Crippen LogP contribution in [0.4, 0.5) is 11.1 Å². The van der Waals surface area contributed by atoms with Crippen LogP contribution in [0.15, 0.2) is 12.5 Å². The molecule has 0 saturated heterocycles. The number of aromatic nitrogens is 4. The summed E-state index contributed by atoms with van der Waals surface area (Å²) in [5.74, 6) is 0.303. The molecule has 2 rings (SSSR count). The van der Waals surface area contributed by atoms with Crippen molar-refractivity contribution in [3.8, 4) is 0 Å². The summed E-state index contributed by atoms with van der Waals surface area (Å²) in [7, 11) is 0. The Bertz CT molecular complexity index is 366. The average Bonchev–Trinajstić information content (AvgIpc) is 2.71. The maximum absolute atomic E-state index is 5.36. The van der Waals surface area contributed by atoms with Crippen LogP contribution >= 0.6 is 11.5 Å². The number of aromatic amines is 1. The van der Waals surface area contributed by atoms with Crippen LogP contribution in [-0.2, 0) is 6.54 Å². The van der Waals surface area contributed by atoms with E-state index in [2.05, 4.69) is 24.6 Å². The molecule has 0 aromatic carbocycles. The van der Waals surface area contributed by atoms with E-state index >= 15 is 0 Å². The fourth-order valence-electron chi connectivity index (χ4n) is 0.859. The fourth-order valence-corrected chi connectivity index (χ4v) is 1.35. The van der Waals surface area contributed by atoms with Gasteiger partial charge in [-0.1, -0.05) is 0 Å². The first-order valence-electron chi connectivity index (χ1n) is 3.65. The fraction of sp³-hybridized carbons (Fsp3) is 0.167. The summed E-state index contributed by atoms with van der Waals surface area (Å²) < 4.78 is 3.84. The molecule has 68 valence electrons. The standard InChI is InChI=1S/C6H8N6S/c7-5-11-6(13-12-5)9-2-4-1-8-3-10-4/h1,3H,2H2,(H,8,10)(H3,7,9,11,12). The lowest BCUT2D eigenvalue weighted by molar-refractivity contribution is 1.07. The minimum Gasteiger partial charge on any atom is -0.367 e. The minimum absolute atomic E-state index is 0.303. The maximum Gasteiger partial charge on any atom is 0.233 e. The van der Waals surface area contributed by atoms with E-state index < -0.39 is 0 Å². The molecular formula is C6H8N6S. The van der Waals surface area contributed by atoms with E-state index in [-0.39, 0.29) is 0 Å². The lowest BCUT2D eigenvalue weighted by Crippen LogP contribution is -1.99. The van der Waals surface area contributed by atoms with Gasteiger partial charge < -0.3 is 16.0 Å². The molecule has 4 N–H and O–H groups in total. The minimum atomic E-state index is 0.303. The van der Waals surface area contributed by atoms with Gasteiger partial charge in [-0.05, 0) is 0 Å². The van der Waals surface area contributed by atoms with Crippen LogP contribution in [0.25, 0.3) is 0 Å². The van der Waals surface area contributed by atoms with Crippen LogP contribution in [-0.4, -0.2) is 19.3 Å². The van der Waals surface area contributed by atoms with Crippen molar-refractivity contribution in [2.75, 3.05) is 11.1 Å². The molecule has 13 heavy (non-hydrogen) atoms. The first-order chi connectivity index (χ1) is 6.34. The predicted octanol–water partition coefficient (Wildman–Crippen LogP) is 0.455. The summed E-state index contributed by atoms with van der Waals surface area (Å²) in [5.41, 5.74) is 6.35. The molecule has 0 bridgehead atoms. The van der Waals surface area contributed by atoms with Crippen LogP contribution in [0.3, 0.4) is 0 Å². The van der Waals surface area contributed by atoms with Gasteiger partial charge in [-0.3, -0.25) is 0 Å². The highest BCUT2D eigenvalue weighted by atomic mass is 32.1. The zero-order valence-corrected chi connectivity index (χ0v) is 7.51. The summed E-state index contributed by atoms with van der Waals surface area (Å²) in [6.07, 6.45) is 3.38. The van der Waals surface area contributed by atoms with Gasteiger partial charge in [-0.15, -0.1) is 0 Å². The third-order valence-electron chi connectivity index (χ3n) is 1.43. The number of rotatable bonds is 3. The van der Waals surface area contributed by atoms with Crippen LogP contribution in [0.2, 0.25) is 0 Å². The molecule has 2 aromatic heterocycles. The number of H-pyrrole nitrogens is 1. The van der Waals surface area contributed by atoms with E-state index in [1.54, 1.807) is 12.5 Å². The van der Waals surface area contributed by atoms with Crippen molar-refractivity contribution in [3.05, 3.63) is 18.2 Å². The third kappa shape index (κ3) is 1.94. The van der Waals surface area contributed by atoms with Crippen LogP contribution in [0.5, 0.6) is 0 Å². The van der Waals surface area contributed by atoms with Gasteiger partial charge in [0.1, 0.15) is 0 Å². The first-order valence-corrected chi connectivity index (χ1v) is 4.42. The van der Waals surface area contributed by atoms with Crippen molar-refractivity contribution >= 4 is 22.6 Å². The Hall–Kier alpha value is -1.63. The molecule has 0 amide bonds. The largest absolute Gasteiger partial charge is 0.367 e. The molecule has 6 nitrogen and oxygen atoms in total. The number of nitrogens with zero attached hydrogens (tertiary/aromatic N) is 3. The van der Waals surface area contributed by atoms with Gasteiger partial charge in [0.15, 0.2) is 0 Å². The zero-order valence-electron chi connectivity index (χ0n) is 6.69. The molecule has 0 aliphatic carbocycles. The van der Waals surface area contributed by atoms with Crippen LogP contribution < -0.4 is 11.1 Å². The Balaban J connectivity index is 1.93. The van der Waals surface area contributed by atoms with E-state index in [9.17, 15) is 0 Å². The van der Waals surface area contributed by atoms with Crippen LogP contribution in [0, 0.1) is 0 Å². The summed E-state index contributed by atoms with van der Waals surface area (Å²) in [6.45, 7) is 0.647. The monoisotopic (exact) mass is 196 g/mol. The number of anilines is 2. The highest BCUT2D eigenvalue weighted by molar-refractivity contribution is 7.09. The van der Waals surface area contributed by atoms with E-state index in [4.69, 9.17) is 5.73 Å². The lowest BCUT2D eigenvalue weighted by Gasteiger charge is -1.96. The molecule has 0 unspecified atom stereocenters. The number of imidazole rings is 1. The van der Waals surface area contributed by atoms with Gasteiger partial charge in [0.2, 0.25) is 11.1 Å². The first kappa shape index (κ1) is 7.99.